The van der Waals surface area contributed by atoms with Crippen LogP contribution in [0.1, 0.15) is 44.9 Å². The zero-order valence-corrected chi connectivity index (χ0v) is 13.3. The van der Waals surface area contributed by atoms with Crippen molar-refractivity contribution >= 4 is 21.8 Å². The molecule has 0 spiro atoms. The summed E-state index contributed by atoms with van der Waals surface area (Å²) in [5.41, 5.74) is 0. The lowest BCUT2D eigenvalue weighted by atomic mass is 9.97. The smallest absolute Gasteiger partial charge is 0.258 e. The predicted molar refractivity (Wildman–Crippen MR) is 83.9 cm³/mol. The first kappa shape index (κ1) is 15.4. The van der Waals surface area contributed by atoms with Crippen LogP contribution in [0.3, 0.4) is 0 Å². The minimum atomic E-state index is -0.0153. The van der Waals surface area contributed by atoms with E-state index in [9.17, 15) is 4.79 Å². The molecule has 1 aliphatic rings. The second-order valence-corrected chi connectivity index (χ2v) is 6.27. The fourth-order valence-electron chi connectivity index (χ4n) is 2.55. The molecule has 0 radical (unpaired) electrons. The van der Waals surface area contributed by atoms with Crippen LogP contribution in [0.15, 0.2) is 28.7 Å². The van der Waals surface area contributed by atoms with Gasteiger partial charge in [-0.25, -0.2) is 0 Å². The molecular formula is C16H22BrNO2. The van der Waals surface area contributed by atoms with Gasteiger partial charge in [0.2, 0.25) is 0 Å². The molecule has 0 heterocycles. The van der Waals surface area contributed by atoms with Crippen molar-refractivity contribution in [2.45, 2.75) is 51.0 Å². The van der Waals surface area contributed by atoms with Crippen molar-refractivity contribution in [3.05, 3.63) is 28.7 Å². The molecule has 1 amide bonds. The summed E-state index contributed by atoms with van der Waals surface area (Å²) in [5.74, 6) is 0.708. The second-order valence-electron chi connectivity index (χ2n) is 5.35. The monoisotopic (exact) mass is 339 g/mol. The maximum absolute atomic E-state index is 11.9. The molecule has 1 aromatic rings. The Bertz CT molecular complexity index is 411. The van der Waals surface area contributed by atoms with Crippen molar-refractivity contribution in [3.63, 3.8) is 0 Å². The molecule has 20 heavy (non-hydrogen) atoms. The highest BCUT2D eigenvalue weighted by Gasteiger charge is 2.14. The van der Waals surface area contributed by atoms with E-state index in [1.807, 2.05) is 24.3 Å². The molecule has 0 bridgehead atoms. The number of halogens is 1. The van der Waals surface area contributed by atoms with Crippen molar-refractivity contribution in [1.29, 1.82) is 0 Å². The molecule has 3 nitrogen and oxygen atoms in total. The third-order valence-corrected chi connectivity index (χ3v) is 4.18. The largest absolute Gasteiger partial charge is 0.484 e. The summed E-state index contributed by atoms with van der Waals surface area (Å²) in [6.45, 7) is 0.0954. The van der Waals surface area contributed by atoms with Crippen molar-refractivity contribution < 1.29 is 9.53 Å². The molecule has 1 aliphatic carbocycles. The number of ether oxygens (including phenoxy) is 1. The Labute approximate surface area is 129 Å². The number of rotatable bonds is 4. The van der Waals surface area contributed by atoms with E-state index < -0.39 is 0 Å². The molecule has 2 rings (SSSR count). The molecule has 1 aromatic carbocycles. The summed E-state index contributed by atoms with van der Waals surface area (Å²) in [5, 5.41) is 3.10. The van der Waals surface area contributed by atoms with Crippen LogP contribution in [0.25, 0.3) is 0 Å². The van der Waals surface area contributed by atoms with Gasteiger partial charge in [-0.15, -0.1) is 0 Å². The summed E-state index contributed by atoms with van der Waals surface area (Å²) < 4.78 is 6.49. The minimum Gasteiger partial charge on any atom is -0.484 e. The highest BCUT2D eigenvalue weighted by atomic mass is 79.9. The number of hydrogen-bond donors (Lipinski definition) is 1. The van der Waals surface area contributed by atoms with E-state index in [0.717, 1.165) is 23.1 Å². The van der Waals surface area contributed by atoms with Crippen LogP contribution in [-0.4, -0.2) is 18.6 Å². The van der Waals surface area contributed by atoms with E-state index in [-0.39, 0.29) is 12.5 Å². The molecule has 0 aromatic heterocycles. The Morgan fingerprint density at radius 1 is 1.10 bits per heavy atom. The Kier molecular flexibility index (Phi) is 6.37. The van der Waals surface area contributed by atoms with Gasteiger partial charge in [-0.05, 0) is 37.1 Å². The highest BCUT2D eigenvalue weighted by molar-refractivity contribution is 9.10. The molecule has 110 valence electrons. The van der Waals surface area contributed by atoms with Gasteiger partial charge in [-0.1, -0.05) is 48.0 Å². The van der Waals surface area contributed by atoms with E-state index in [2.05, 4.69) is 21.2 Å². The van der Waals surface area contributed by atoms with Gasteiger partial charge in [-0.2, -0.15) is 0 Å². The van der Waals surface area contributed by atoms with Crippen molar-refractivity contribution in [3.8, 4) is 5.75 Å². The third kappa shape index (κ3) is 5.53. The summed E-state index contributed by atoms with van der Waals surface area (Å²) in [7, 11) is 0. The molecular weight excluding hydrogens is 318 g/mol. The van der Waals surface area contributed by atoms with Crippen LogP contribution in [0.2, 0.25) is 0 Å². The van der Waals surface area contributed by atoms with Gasteiger partial charge in [-0.3, -0.25) is 4.79 Å². The Morgan fingerprint density at radius 2 is 1.70 bits per heavy atom. The average Bonchev–Trinajstić information content (AvgIpc) is 2.41. The van der Waals surface area contributed by atoms with Gasteiger partial charge in [0, 0.05) is 10.5 Å². The molecule has 0 saturated heterocycles. The Morgan fingerprint density at radius 3 is 2.35 bits per heavy atom. The standard InChI is InChI=1S/C16H22BrNO2/c17-13-8-10-15(11-9-13)20-12-16(19)18-14-6-4-2-1-3-5-7-14/h8-11,14H,1-7,12H2,(H,18,19). The number of hydrogen-bond acceptors (Lipinski definition) is 2. The number of amides is 1. The van der Waals surface area contributed by atoms with Crippen LogP contribution in [0.5, 0.6) is 5.75 Å². The minimum absolute atomic E-state index is 0.0153. The highest BCUT2D eigenvalue weighted by Crippen LogP contribution is 2.18. The summed E-state index contributed by atoms with van der Waals surface area (Å²) >= 11 is 3.37. The van der Waals surface area contributed by atoms with Crippen LogP contribution < -0.4 is 10.1 Å². The molecule has 4 heteroatoms. The molecule has 1 fully saturated rings. The molecule has 1 saturated carbocycles. The van der Waals surface area contributed by atoms with E-state index in [0.29, 0.717) is 6.04 Å². The number of benzene rings is 1. The molecule has 0 unspecified atom stereocenters. The SMILES string of the molecule is O=C(COc1ccc(Br)cc1)NC1CCCCCCC1. The lowest BCUT2D eigenvalue weighted by Crippen LogP contribution is -2.38. The van der Waals surface area contributed by atoms with Crippen molar-refractivity contribution in [2.75, 3.05) is 6.61 Å². The topological polar surface area (TPSA) is 38.3 Å². The molecule has 1 N–H and O–H groups in total. The zero-order chi connectivity index (χ0) is 14.2. The molecule has 0 atom stereocenters. The fourth-order valence-corrected chi connectivity index (χ4v) is 2.81. The Balaban J connectivity index is 1.72. The van der Waals surface area contributed by atoms with Gasteiger partial charge in [0.05, 0.1) is 0 Å². The Hall–Kier alpha value is -1.03. The van der Waals surface area contributed by atoms with E-state index in [1.54, 1.807) is 0 Å². The van der Waals surface area contributed by atoms with Crippen LogP contribution in [-0.2, 0) is 4.79 Å². The summed E-state index contributed by atoms with van der Waals surface area (Å²) in [6, 6.07) is 7.85. The summed E-state index contributed by atoms with van der Waals surface area (Å²) in [6.07, 6.45) is 8.57. The normalized spacial score (nSPS) is 17.1. The third-order valence-electron chi connectivity index (χ3n) is 3.65. The zero-order valence-electron chi connectivity index (χ0n) is 11.7. The maximum atomic E-state index is 11.9. The average molecular weight is 340 g/mol. The van der Waals surface area contributed by atoms with Crippen LogP contribution >= 0.6 is 15.9 Å². The molecule has 0 aliphatic heterocycles. The number of nitrogens with one attached hydrogen (secondary N) is 1. The van der Waals surface area contributed by atoms with E-state index in [4.69, 9.17) is 4.74 Å². The van der Waals surface area contributed by atoms with Gasteiger partial charge in [0.1, 0.15) is 5.75 Å². The van der Waals surface area contributed by atoms with Crippen molar-refractivity contribution in [1.82, 2.24) is 5.32 Å². The predicted octanol–water partition coefficient (Wildman–Crippen LogP) is 4.06. The fraction of sp³-hybridized carbons (Fsp3) is 0.562. The van der Waals surface area contributed by atoms with Crippen LogP contribution in [0, 0.1) is 0 Å². The van der Waals surface area contributed by atoms with Gasteiger partial charge >= 0.3 is 0 Å². The van der Waals surface area contributed by atoms with Crippen LogP contribution in [0.4, 0.5) is 0 Å². The van der Waals surface area contributed by atoms with E-state index >= 15 is 0 Å². The maximum Gasteiger partial charge on any atom is 0.258 e. The number of carbonyl (C=O) groups is 1. The first-order valence-electron chi connectivity index (χ1n) is 7.42. The second kappa shape index (κ2) is 8.30. The van der Waals surface area contributed by atoms with Gasteiger partial charge in [0.15, 0.2) is 6.61 Å². The lowest BCUT2D eigenvalue weighted by Gasteiger charge is -2.21. The lowest BCUT2D eigenvalue weighted by molar-refractivity contribution is -0.123. The first-order valence-corrected chi connectivity index (χ1v) is 8.21. The first-order chi connectivity index (χ1) is 9.74. The van der Waals surface area contributed by atoms with Gasteiger partial charge in [0.25, 0.3) is 5.91 Å². The quantitative estimate of drug-likeness (QED) is 0.898. The van der Waals surface area contributed by atoms with Gasteiger partial charge < -0.3 is 10.1 Å². The van der Waals surface area contributed by atoms with Crippen molar-refractivity contribution in [2.24, 2.45) is 0 Å². The van der Waals surface area contributed by atoms with E-state index in [1.165, 1.54) is 32.1 Å². The number of carbonyl (C=O) groups excluding carboxylic acids is 1. The summed E-state index contributed by atoms with van der Waals surface area (Å²) in [4.78, 5) is 11.9.